The summed E-state index contributed by atoms with van der Waals surface area (Å²) in [5, 5.41) is 0. The lowest BCUT2D eigenvalue weighted by Gasteiger charge is -2.15. The fourth-order valence-corrected chi connectivity index (χ4v) is 0.696. The van der Waals surface area contributed by atoms with Crippen LogP contribution < -0.4 is 0 Å². The van der Waals surface area contributed by atoms with Crippen molar-refractivity contribution in [3.8, 4) is 0 Å². The van der Waals surface area contributed by atoms with Crippen LogP contribution in [-0.4, -0.2) is 38.2 Å². The molecule has 58 valence electrons. The lowest BCUT2D eigenvalue weighted by atomic mass is 10.4. The topological polar surface area (TPSA) is 28.0 Å². The molecule has 0 aromatic carbocycles. The zero-order chi connectivity index (χ0) is 7.98. The van der Waals surface area contributed by atoms with E-state index in [1.165, 1.54) is 0 Å². The van der Waals surface area contributed by atoms with E-state index in [1.807, 2.05) is 19.0 Å². The number of nitrogens with zero attached hydrogens (tertiary/aromatic N) is 3. The second-order valence-electron chi connectivity index (χ2n) is 2.31. The van der Waals surface area contributed by atoms with Crippen LogP contribution in [0.2, 0.25) is 0 Å². The van der Waals surface area contributed by atoms with Gasteiger partial charge in [-0.25, -0.2) is 9.98 Å². The Morgan fingerprint density at radius 3 is 2.40 bits per heavy atom. The molecule has 0 fully saturated rings. The first kappa shape index (κ1) is 9.34. The maximum absolute atomic E-state index is 4.07. The second kappa shape index (κ2) is 5.15. The van der Waals surface area contributed by atoms with E-state index >= 15 is 0 Å². The molecule has 1 unspecified atom stereocenters. The van der Waals surface area contributed by atoms with Gasteiger partial charge in [0, 0.05) is 7.05 Å². The Balaban J connectivity index is 3.95. The van der Waals surface area contributed by atoms with Gasteiger partial charge in [0.25, 0.3) is 0 Å². The van der Waals surface area contributed by atoms with E-state index in [0.717, 1.165) is 6.42 Å². The minimum absolute atomic E-state index is 0.226. The van der Waals surface area contributed by atoms with E-state index < -0.39 is 0 Å². The zero-order valence-electron chi connectivity index (χ0n) is 7.13. The molecular weight excluding hydrogens is 126 g/mol. The van der Waals surface area contributed by atoms with Crippen molar-refractivity contribution >= 4 is 6.01 Å². The third-order valence-corrected chi connectivity index (χ3v) is 1.27. The van der Waals surface area contributed by atoms with Crippen molar-refractivity contribution in [1.29, 1.82) is 0 Å². The fraction of sp³-hybridized carbons (Fsp3) is 0.857. The van der Waals surface area contributed by atoms with Gasteiger partial charge < -0.3 is 0 Å². The summed E-state index contributed by atoms with van der Waals surface area (Å²) in [6.07, 6.45) is 1.22. The lowest BCUT2D eigenvalue weighted by molar-refractivity contribution is 0.296. The SMILES string of the molecule is CCC(N=C=NC)N(C)C. The molecule has 0 amide bonds. The highest BCUT2D eigenvalue weighted by Gasteiger charge is 2.03. The first-order chi connectivity index (χ1) is 4.72. The van der Waals surface area contributed by atoms with Crippen LogP contribution in [0, 0.1) is 0 Å². The summed E-state index contributed by atoms with van der Waals surface area (Å²) in [5.74, 6) is 0. The Morgan fingerprint density at radius 1 is 1.50 bits per heavy atom. The summed E-state index contributed by atoms with van der Waals surface area (Å²) < 4.78 is 0. The fourth-order valence-electron chi connectivity index (χ4n) is 0.696. The van der Waals surface area contributed by atoms with Gasteiger partial charge in [0.1, 0.15) is 6.17 Å². The highest BCUT2D eigenvalue weighted by Crippen LogP contribution is 1.97. The second-order valence-corrected chi connectivity index (χ2v) is 2.31. The van der Waals surface area contributed by atoms with Crippen molar-refractivity contribution in [1.82, 2.24) is 4.90 Å². The Labute approximate surface area is 62.5 Å². The molecule has 0 aliphatic rings. The van der Waals surface area contributed by atoms with Crippen molar-refractivity contribution in [3.05, 3.63) is 0 Å². The highest BCUT2D eigenvalue weighted by atomic mass is 15.2. The average Bonchev–Trinajstić information content (AvgIpc) is 1.89. The molecular formula is C7H15N3. The van der Waals surface area contributed by atoms with E-state index in [0.29, 0.717) is 0 Å². The van der Waals surface area contributed by atoms with Crippen LogP contribution in [0.3, 0.4) is 0 Å². The number of hydrogen-bond donors (Lipinski definition) is 0. The molecule has 0 aromatic rings. The Kier molecular flexibility index (Phi) is 4.81. The van der Waals surface area contributed by atoms with Crippen LogP contribution in [-0.2, 0) is 0 Å². The van der Waals surface area contributed by atoms with Crippen molar-refractivity contribution in [2.24, 2.45) is 9.98 Å². The third kappa shape index (κ3) is 3.38. The molecule has 3 heteroatoms. The molecule has 0 saturated heterocycles. The maximum atomic E-state index is 4.07. The predicted molar refractivity (Wildman–Crippen MR) is 43.6 cm³/mol. The maximum Gasteiger partial charge on any atom is 0.112 e. The van der Waals surface area contributed by atoms with Gasteiger partial charge in [0.15, 0.2) is 0 Å². The molecule has 1 atom stereocenters. The smallest absolute Gasteiger partial charge is 0.112 e. The molecule has 0 aliphatic heterocycles. The molecule has 0 saturated carbocycles. The molecule has 0 aliphatic carbocycles. The van der Waals surface area contributed by atoms with E-state index in [2.05, 4.69) is 22.9 Å². The quantitative estimate of drug-likeness (QED) is 0.541. The first-order valence-corrected chi connectivity index (χ1v) is 3.42. The first-order valence-electron chi connectivity index (χ1n) is 3.42. The van der Waals surface area contributed by atoms with Gasteiger partial charge in [-0.15, -0.1) is 0 Å². The average molecular weight is 141 g/mol. The predicted octanol–water partition coefficient (Wildman–Crippen LogP) is 1.09. The van der Waals surface area contributed by atoms with Gasteiger partial charge in [-0.2, -0.15) is 0 Å². The molecule has 0 aromatic heterocycles. The van der Waals surface area contributed by atoms with E-state index in [4.69, 9.17) is 0 Å². The van der Waals surface area contributed by atoms with Gasteiger partial charge in [-0.3, -0.25) is 4.90 Å². The minimum Gasteiger partial charge on any atom is -0.287 e. The van der Waals surface area contributed by atoms with Crippen molar-refractivity contribution in [3.63, 3.8) is 0 Å². The van der Waals surface area contributed by atoms with Crippen LogP contribution in [0.25, 0.3) is 0 Å². The standard InChI is InChI=1S/C7H15N3/c1-5-7(10(3)4)9-6-8-2/h7H,5H2,1-4H3. The number of aliphatic imine (C=N–C) groups is 2. The van der Waals surface area contributed by atoms with Crippen molar-refractivity contribution in [2.75, 3.05) is 21.1 Å². The molecule has 0 N–H and O–H groups in total. The van der Waals surface area contributed by atoms with Crippen LogP contribution in [0.4, 0.5) is 0 Å². The summed E-state index contributed by atoms with van der Waals surface area (Å²) in [6.45, 7) is 2.09. The largest absolute Gasteiger partial charge is 0.287 e. The third-order valence-electron chi connectivity index (χ3n) is 1.27. The summed E-state index contributed by atoms with van der Waals surface area (Å²) >= 11 is 0. The van der Waals surface area contributed by atoms with Crippen LogP contribution in [0.1, 0.15) is 13.3 Å². The van der Waals surface area contributed by atoms with Crippen molar-refractivity contribution in [2.45, 2.75) is 19.5 Å². The molecule has 10 heavy (non-hydrogen) atoms. The van der Waals surface area contributed by atoms with Gasteiger partial charge >= 0.3 is 0 Å². The monoisotopic (exact) mass is 141 g/mol. The molecule has 0 spiro atoms. The van der Waals surface area contributed by atoms with E-state index in [9.17, 15) is 0 Å². The van der Waals surface area contributed by atoms with Crippen molar-refractivity contribution < 1.29 is 0 Å². The van der Waals surface area contributed by atoms with E-state index in [1.54, 1.807) is 7.05 Å². The Hall–Kier alpha value is -0.660. The van der Waals surface area contributed by atoms with Crippen LogP contribution in [0.15, 0.2) is 9.98 Å². The summed E-state index contributed by atoms with van der Waals surface area (Å²) in [7, 11) is 5.66. The van der Waals surface area contributed by atoms with Gasteiger partial charge in [-0.1, -0.05) is 6.92 Å². The van der Waals surface area contributed by atoms with Crippen LogP contribution in [0.5, 0.6) is 0 Å². The summed E-state index contributed by atoms with van der Waals surface area (Å²) in [4.78, 5) is 9.77. The Morgan fingerprint density at radius 2 is 2.10 bits per heavy atom. The highest BCUT2D eigenvalue weighted by molar-refractivity contribution is 5.40. The van der Waals surface area contributed by atoms with Crippen LogP contribution >= 0.6 is 0 Å². The molecule has 3 nitrogen and oxygen atoms in total. The minimum atomic E-state index is 0.226. The zero-order valence-corrected chi connectivity index (χ0v) is 7.13. The number of hydrogen-bond acceptors (Lipinski definition) is 3. The lowest BCUT2D eigenvalue weighted by Crippen LogP contribution is -2.24. The Bertz CT molecular complexity index is 134. The van der Waals surface area contributed by atoms with Gasteiger partial charge in [-0.05, 0) is 20.5 Å². The van der Waals surface area contributed by atoms with Gasteiger partial charge in [0.05, 0.1) is 6.01 Å². The summed E-state index contributed by atoms with van der Waals surface area (Å²) in [6, 6.07) is 2.59. The molecule has 0 bridgehead atoms. The molecule has 0 radical (unpaired) electrons. The normalized spacial score (nSPS) is 12.5. The van der Waals surface area contributed by atoms with E-state index in [-0.39, 0.29) is 6.17 Å². The molecule has 0 rings (SSSR count). The molecule has 0 heterocycles. The number of rotatable bonds is 3. The van der Waals surface area contributed by atoms with Gasteiger partial charge in [0.2, 0.25) is 0 Å². The summed E-state index contributed by atoms with van der Waals surface area (Å²) in [5.41, 5.74) is 0.